The van der Waals surface area contributed by atoms with Crippen molar-refractivity contribution in [2.45, 2.75) is 5.92 Å². The summed E-state index contributed by atoms with van der Waals surface area (Å²) in [5.41, 5.74) is 0.928. The molecule has 0 aliphatic carbocycles. The summed E-state index contributed by atoms with van der Waals surface area (Å²) in [6.07, 6.45) is 0. The molecule has 0 spiro atoms. The number of halogens is 1. The molecule has 0 bridgehead atoms. The van der Waals surface area contributed by atoms with Gasteiger partial charge in [0.1, 0.15) is 5.75 Å². The van der Waals surface area contributed by atoms with Crippen molar-refractivity contribution in [2.24, 2.45) is 5.92 Å². The molecule has 0 saturated carbocycles. The lowest BCUT2D eigenvalue weighted by Gasteiger charge is -2.17. The van der Waals surface area contributed by atoms with Gasteiger partial charge in [0.15, 0.2) is 6.61 Å². The SMILES string of the molecule is O=C(O)[C@@H]1CN(C(=O)COc2ccccc2Cl)C[C@@H]1c1ccccc1. The topological polar surface area (TPSA) is 66.8 Å². The molecule has 0 aromatic heterocycles. The van der Waals surface area contributed by atoms with Gasteiger partial charge in [0, 0.05) is 19.0 Å². The van der Waals surface area contributed by atoms with Gasteiger partial charge in [0.2, 0.25) is 0 Å². The zero-order valence-electron chi connectivity index (χ0n) is 13.5. The summed E-state index contributed by atoms with van der Waals surface area (Å²) in [6, 6.07) is 16.3. The van der Waals surface area contributed by atoms with Crippen LogP contribution in [0.15, 0.2) is 54.6 Å². The van der Waals surface area contributed by atoms with E-state index >= 15 is 0 Å². The number of amides is 1. The summed E-state index contributed by atoms with van der Waals surface area (Å²) in [7, 11) is 0. The molecule has 6 heteroatoms. The van der Waals surface area contributed by atoms with Gasteiger partial charge in [-0.1, -0.05) is 54.1 Å². The highest BCUT2D eigenvalue weighted by Gasteiger charge is 2.40. The quantitative estimate of drug-likeness (QED) is 0.891. The normalized spacial score (nSPS) is 19.6. The van der Waals surface area contributed by atoms with Crippen LogP contribution in [0.4, 0.5) is 0 Å². The molecular formula is C19H18ClNO4. The minimum atomic E-state index is -0.892. The number of carbonyl (C=O) groups is 2. The van der Waals surface area contributed by atoms with Crippen molar-refractivity contribution >= 4 is 23.5 Å². The van der Waals surface area contributed by atoms with Gasteiger partial charge >= 0.3 is 5.97 Å². The lowest BCUT2D eigenvalue weighted by atomic mass is 9.89. The first kappa shape index (κ1) is 17.3. The molecule has 0 radical (unpaired) electrons. The Labute approximate surface area is 150 Å². The number of rotatable bonds is 5. The number of ether oxygens (including phenoxy) is 1. The van der Waals surface area contributed by atoms with E-state index in [-0.39, 0.29) is 25.0 Å². The number of carboxylic acids is 1. The fraction of sp³-hybridized carbons (Fsp3) is 0.263. The number of carboxylic acid groups (broad SMARTS) is 1. The zero-order valence-corrected chi connectivity index (χ0v) is 14.2. The first-order chi connectivity index (χ1) is 12.1. The summed E-state index contributed by atoms with van der Waals surface area (Å²) >= 11 is 6.01. The number of para-hydroxylation sites is 1. The van der Waals surface area contributed by atoms with E-state index in [1.165, 1.54) is 0 Å². The molecule has 1 saturated heterocycles. The Morgan fingerprint density at radius 3 is 2.44 bits per heavy atom. The van der Waals surface area contributed by atoms with E-state index < -0.39 is 11.9 Å². The molecule has 2 atom stereocenters. The molecular weight excluding hydrogens is 342 g/mol. The Hall–Kier alpha value is -2.53. The molecule has 1 heterocycles. The van der Waals surface area contributed by atoms with Gasteiger partial charge in [0.25, 0.3) is 5.91 Å². The summed E-state index contributed by atoms with van der Waals surface area (Å²) in [6.45, 7) is 0.378. The van der Waals surface area contributed by atoms with Gasteiger partial charge in [-0.25, -0.2) is 0 Å². The van der Waals surface area contributed by atoms with Crippen molar-refractivity contribution in [2.75, 3.05) is 19.7 Å². The highest BCUT2D eigenvalue weighted by molar-refractivity contribution is 6.32. The van der Waals surface area contributed by atoms with Crippen LogP contribution in [0, 0.1) is 5.92 Å². The predicted molar refractivity (Wildman–Crippen MR) is 93.8 cm³/mol. The Bertz CT molecular complexity index is 765. The molecule has 1 aliphatic rings. The third kappa shape index (κ3) is 3.94. The lowest BCUT2D eigenvalue weighted by molar-refractivity contribution is -0.142. The van der Waals surface area contributed by atoms with Crippen LogP contribution in [0.5, 0.6) is 5.75 Å². The Morgan fingerprint density at radius 2 is 1.76 bits per heavy atom. The van der Waals surface area contributed by atoms with Crippen molar-refractivity contribution in [1.29, 1.82) is 0 Å². The second kappa shape index (κ2) is 7.57. The lowest BCUT2D eigenvalue weighted by Crippen LogP contribution is -2.33. The molecule has 2 aromatic carbocycles. The molecule has 1 aliphatic heterocycles. The van der Waals surface area contributed by atoms with Gasteiger partial charge in [-0.05, 0) is 17.7 Å². The summed E-state index contributed by atoms with van der Waals surface area (Å²) in [4.78, 5) is 25.6. The standard InChI is InChI=1S/C19H18ClNO4/c20-16-8-4-5-9-17(16)25-12-18(22)21-10-14(15(11-21)19(23)24)13-6-2-1-3-7-13/h1-9,14-15H,10-12H2,(H,23,24)/t14-,15-/m1/s1. The number of likely N-dealkylation sites (tertiary alicyclic amines) is 1. The van der Waals surface area contributed by atoms with E-state index in [4.69, 9.17) is 16.3 Å². The molecule has 0 unspecified atom stereocenters. The van der Waals surface area contributed by atoms with Crippen LogP contribution in [0.25, 0.3) is 0 Å². The van der Waals surface area contributed by atoms with Crippen molar-refractivity contribution < 1.29 is 19.4 Å². The summed E-state index contributed by atoms with van der Waals surface area (Å²) in [5.74, 6) is -1.54. The molecule has 2 aromatic rings. The van der Waals surface area contributed by atoms with Crippen LogP contribution >= 0.6 is 11.6 Å². The van der Waals surface area contributed by atoms with E-state index in [9.17, 15) is 14.7 Å². The number of carbonyl (C=O) groups excluding carboxylic acids is 1. The van der Waals surface area contributed by atoms with Gasteiger partial charge in [-0.2, -0.15) is 0 Å². The Kier molecular flexibility index (Phi) is 5.24. The maximum Gasteiger partial charge on any atom is 0.308 e. The largest absolute Gasteiger partial charge is 0.482 e. The Balaban J connectivity index is 1.67. The maximum atomic E-state index is 12.4. The molecule has 3 rings (SSSR count). The predicted octanol–water partition coefficient (Wildman–Crippen LogP) is 3.05. The zero-order chi connectivity index (χ0) is 17.8. The summed E-state index contributed by atoms with van der Waals surface area (Å²) < 4.78 is 5.48. The average molecular weight is 360 g/mol. The fourth-order valence-corrected chi connectivity index (χ4v) is 3.28. The van der Waals surface area contributed by atoms with Crippen molar-refractivity contribution in [3.8, 4) is 5.75 Å². The number of hydrogen-bond acceptors (Lipinski definition) is 3. The van der Waals surface area contributed by atoms with Crippen molar-refractivity contribution in [3.05, 3.63) is 65.2 Å². The van der Waals surface area contributed by atoms with Crippen LogP contribution in [-0.2, 0) is 9.59 Å². The number of benzene rings is 2. The monoisotopic (exact) mass is 359 g/mol. The van der Waals surface area contributed by atoms with E-state index in [0.29, 0.717) is 17.3 Å². The first-order valence-corrected chi connectivity index (χ1v) is 8.37. The van der Waals surface area contributed by atoms with E-state index in [1.54, 1.807) is 29.2 Å². The van der Waals surface area contributed by atoms with Crippen molar-refractivity contribution in [1.82, 2.24) is 4.90 Å². The van der Waals surface area contributed by atoms with Crippen LogP contribution < -0.4 is 4.74 Å². The third-order valence-corrected chi connectivity index (χ3v) is 4.72. The number of nitrogens with zero attached hydrogens (tertiary/aromatic N) is 1. The first-order valence-electron chi connectivity index (χ1n) is 7.99. The number of hydrogen-bond donors (Lipinski definition) is 1. The van der Waals surface area contributed by atoms with Crippen LogP contribution in [-0.4, -0.2) is 41.6 Å². The second-order valence-corrected chi connectivity index (χ2v) is 6.39. The third-order valence-electron chi connectivity index (χ3n) is 4.41. The Morgan fingerprint density at radius 1 is 1.08 bits per heavy atom. The molecule has 130 valence electrons. The van der Waals surface area contributed by atoms with Crippen LogP contribution in [0.1, 0.15) is 11.5 Å². The second-order valence-electron chi connectivity index (χ2n) is 5.98. The molecule has 25 heavy (non-hydrogen) atoms. The fourth-order valence-electron chi connectivity index (χ4n) is 3.09. The smallest absolute Gasteiger partial charge is 0.308 e. The molecule has 1 amide bonds. The highest BCUT2D eigenvalue weighted by atomic mass is 35.5. The van der Waals surface area contributed by atoms with Gasteiger partial charge in [0.05, 0.1) is 10.9 Å². The van der Waals surface area contributed by atoms with E-state index in [2.05, 4.69) is 0 Å². The highest BCUT2D eigenvalue weighted by Crippen LogP contribution is 2.33. The average Bonchev–Trinajstić information content (AvgIpc) is 3.07. The summed E-state index contributed by atoms with van der Waals surface area (Å²) in [5, 5.41) is 9.93. The van der Waals surface area contributed by atoms with Crippen LogP contribution in [0.2, 0.25) is 5.02 Å². The van der Waals surface area contributed by atoms with Gasteiger partial charge < -0.3 is 14.7 Å². The molecule has 1 N–H and O–H groups in total. The molecule has 1 fully saturated rings. The minimum absolute atomic E-state index is 0.169. The van der Waals surface area contributed by atoms with Crippen molar-refractivity contribution in [3.63, 3.8) is 0 Å². The van der Waals surface area contributed by atoms with Gasteiger partial charge in [-0.3, -0.25) is 9.59 Å². The molecule has 5 nitrogen and oxygen atoms in total. The van der Waals surface area contributed by atoms with Crippen LogP contribution in [0.3, 0.4) is 0 Å². The number of aliphatic carboxylic acids is 1. The minimum Gasteiger partial charge on any atom is -0.482 e. The van der Waals surface area contributed by atoms with E-state index in [0.717, 1.165) is 5.56 Å². The van der Waals surface area contributed by atoms with Gasteiger partial charge in [-0.15, -0.1) is 0 Å². The van der Waals surface area contributed by atoms with E-state index in [1.807, 2.05) is 30.3 Å². The maximum absolute atomic E-state index is 12.4.